The number of aromatic carboxylic acids is 1. The maximum Gasteiger partial charge on any atom is 0.337 e. The van der Waals surface area contributed by atoms with Gasteiger partial charge in [-0.3, -0.25) is 0 Å². The van der Waals surface area contributed by atoms with Gasteiger partial charge in [0.05, 0.1) is 5.56 Å². The van der Waals surface area contributed by atoms with Gasteiger partial charge in [-0.05, 0) is 85.5 Å². The first-order valence-corrected chi connectivity index (χ1v) is 9.63. The molecule has 4 saturated carbocycles. The summed E-state index contributed by atoms with van der Waals surface area (Å²) in [6.07, 6.45) is 8.51. The molecule has 0 amide bonds. The molecule has 1 heterocycles. The minimum atomic E-state index is -0.982. The van der Waals surface area contributed by atoms with Crippen LogP contribution in [0.3, 0.4) is 0 Å². The van der Waals surface area contributed by atoms with E-state index in [2.05, 4.69) is 17.1 Å². The first-order valence-electron chi connectivity index (χ1n) is 9.63. The molecule has 134 valence electrons. The first-order chi connectivity index (χ1) is 12.7. The second kappa shape index (κ2) is 6.11. The molecule has 1 aromatic heterocycles. The third-order valence-corrected chi connectivity index (χ3v) is 6.70. The van der Waals surface area contributed by atoms with Crippen molar-refractivity contribution in [2.75, 3.05) is 0 Å². The molecule has 4 bridgehead atoms. The van der Waals surface area contributed by atoms with E-state index in [-0.39, 0.29) is 5.56 Å². The van der Waals surface area contributed by atoms with Crippen LogP contribution in [0.5, 0.6) is 11.6 Å². The van der Waals surface area contributed by atoms with E-state index in [0.29, 0.717) is 5.88 Å². The van der Waals surface area contributed by atoms with Gasteiger partial charge >= 0.3 is 5.97 Å². The Morgan fingerprint density at radius 3 is 2.12 bits per heavy atom. The van der Waals surface area contributed by atoms with Crippen LogP contribution in [0, 0.1) is 23.7 Å². The van der Waals surface area contributed by atoms with Gasteiger partial charge in [-0.15, -0.1) is 0 Å². The largest absolute Gasteiger partial charge is 0.478 e. The second-order valence-corrected chi connectivity index (χ2v) is 8.32. The molecular formula is C22H23NO3. The number of hydrogen-bond acceptors (Lipinski definition) is 3. The smallest absolute Gasteiger partial charge is 0.337 e. The highest BCUT2D eigenvalue weighted by Crippen LogP contribution is 2.59. The van der Waals surface area contributed by atoms with Gasteiger partial charge in [0.25, 0.3) is 0 Å². The van der Waals surface area contributed by atoms with E-state index < -0.39 is 5.97 Å². The van der Waals surface area contributed by atoms with Crippen LogP contribution in [-0.2, 0) is 0 Å². The molecule has 1 aromatic carbocycles. The van der Waals surface area contributed by atoms with E-state index >= 15 is 0 Å². The van der Waals surface area contributed by atoms with Crippen LogP contribution in [0.25, 0.3) is 0 Å². The molecule has 2 aromatic rings. The number of hydrogen-bond donors (Lipinski definition) is 1. The molecule has 0 radical (unpaired) electrons. The number of pyridine rings is 1. The number of rotatable bonds is 4. The molecule has 4 aliphatic rings. The molecule has 0 saturated heterocycles. The lowest BCUT2D eigenvalue weighted by Crippen LogP contribution is -2.43. The Bertz CT molecular complexity index is 784. The Hall–Kier alpha value is -2.36. The van der Waals surface area contributed by atoms with Crippen molar-refractivity contribution in [3.05, 3.63) is 53.7 Å². The molecule has 0 spiro atoms. The average Bonchev–Trinajstić information content (AvgIpc) is 2.63. The Labute approximate surface area is 153 Å². The summed E-state index contributed by atoms with van der Waals surface area (Å²) in [6.45, 7) is 0. The van der Waals surface area contributed by atoms with E-state index in [1.807, 2.05) is 12.1 Å². The lowest BCUT2D eigenvalue weighted by Gasteiger charge is -2.54. The Morgan fingerprint density at radius 1 is 0.923 bits per heavy atom. The molecule has 4 aliphatic carbocycles. The number of carboxylic acids is 1. The van der Waals surface area contributed by atoms with Crippen LogP contribution >= 0.6 is 0 Å². The third-order valence-electron chi connectivity index (χ3n) is 6.70. The van der Waals surface area contributed by atoms with Gasteiger partial charge in [0, 0.05) is 12.3 Å². The summed E-state index contributed by atoms with van der Waals surface area (Å²) >= 11 is 0. The van der Waals surface area contributed by atoms with E-state index in [0.717, 1.165) is 35.3 Å². The second-order valence-electron chi connectivity index (χ2n) is 8.32. The number of carboxylic acid groups (broad SMARTS) is 1. The third kappa shape index (κ3) is 2.77. The molecule has 4 heteroatoms. The highest BCUT2D eigenvalue weighted by Gasteiger charge is 2.48. The molecule has 1 N–H and O–H groups in total. The normalized spacial score (nSPS) is 31.8. The monoisotopic (exact) mass is 349 g/mol. The van der Waals surface area contributed by atoms with Crippen molar-refractivity contribution in [1.82, 2.24) is 4.98 Å². The fourth-order valence-electron chi connectivity index (χ4n) is 5.92. The van der Waals surface area contributed by atoms with Gasteiger partial charge in [-0.1, -0.05) is 12.1 Å². The SMILES string of the molecule is O=C(O)c1ccc(Oc2ccc(C3[C@H]4C[C@@H]5C[C@@H](C[C@H]3C5)C4)cc2)nc1. The molecule has 0 aliphatic heterocycles. The van der Waals surface area contributed by atoms with E-state index in [9.17, 15) is 4.79 Å². The maximum atomic E-state index is 10.9. The van der Waals surface area contributed by atoms with Crippen molar-refractivity contribution in [1.29, 1.82) is 0 Å². The van der Waals surface area contributed by atoms with E-state index in [1.54, 1.807) is 6.07 Å². The topological polar surface area (TPSA) is 59.4 Å². The number of aromatic nitrogens is 1. The Kier molecular flexibility index (Phi) is 3.73. The number of ether oxygens (including phenoxy) is 1. The van der Waals surface area contributed by atoms with Crippen molar-refractivity contribution in [2.45, 2.75) is 38.0 Å². The molecule has 4 fully saturated rings. The van der Waals surface area contributed by atoms with Gasteiger partial charge in [-0.25, -0.2) is 9.78 Å². The fourth-order valence-corrected chi connectivity index (χ4v) is 5.92. The van der Waals surface area contributed by atoms with Crippen LogP contribution in [0.2, 0.25) is 0 Å². The molecular weight excluding hydrogens is 326 g/mol. The highest BCUT2D eigenvalue weighted by atomic mass is 16.5. The number of carbonyl (C=O) groups is 1. The summed E-state index contributed by atoms with van der Waals surface area (Å²) < 4.78 is 5.77. The zero-order valence-corrected chi connectivity index (χ0v) is 14.7. The van der Waals surface area contributed by atoms with E-state index in [1.165, 1.54) is 49.9 Å². The predicted octanol–water partition coefficient (Wildman–Crippen LogP) is 5.11. The Balaban J connectivity index is 1.31. The highest BCUT2D eigenvalue weighted by molar-refractivity contribution is 5.87. The minimum absolute atomic E-state index is 0.162. The van der Waals surface area contributed by atoms with Crippen molar-refractivity contribution in [3.8, 4) is 11.6 Å². The van der Waals surface area contributed by atoms with Gasteiger partial charge < -0.3 is 9.84 Å². The number of benzene rings is 1. The van der Waals surface area contributed by atoms with Crippen molar-refractivity contribution < 1.29 is 14.6 Å². The number of nitrogens with zero attached hydrogens (tertiary/aromatic N) is 1. The van der Waals surface area contributed by atoms with Gasteiger partial charge in [0.2, 0.25) is 5.88 Å². The lowest BCUT2D eigenvalue weighted by molar-refractivity contribution is -0.00279. The maximum absolute atomic E-state index is 10.9. The van der Waals surface area contributed by atoms with Crippen molar-refractivity contribution >= 4 is 5.97 Å². The summed E-state index contributed by atoms with van der Waals surface area (Å²) in [5, 5.41) is 8.93. The average molecular weight is 349 g/mol. The van der Waals surface area contributed by atoms with Crippen molar-refractivity contribution in [3.63, 3.8) is 0 Å². The summed E-state index contributed by atoms with van der Waals surface area (Å²) in [6, 6.07) is 11.6. The zero-order valence-electron chi connectivity index (χ0n) is 14.7. The quantitative estimate of drug-likeness (QED) is 0.833. The summed E-state index contributed by atoms with van der Waals surface area (Å²) in [5.41, 5.74) is 1.62. The van der Waals surface area contributed by atoms with Crippen LogP contribution in [0.1, 0.15) is 53.9 Å². The van der Waals surface area contributed by atoms with Gasteiger partial charge in [-0.2, -0.15) is 0 Å². The summed E-state index contributed by atoms with van der Waals surface area (Å²) in [7, 11) is 0. The van der Waals surface area contributed by atoms with Gasteiger partial charge in [0.1, 0.15) is 5.75 Å². The fraction of sp³-hybridized carbons (Fsp3) is 0.455. The minimum Gasteiger partial charge on any atom is -0.478 e. The van der Waals surface area contributed by atoms with Crippen LogP contribution in [0.15, 0.2) is 42.6 Å². The Morgan fingerprint density at radius 2 is 1.58 bits per heavy atom. The predicted molar refractivity (Wildman–Crippen MR) is 97.5 cm³/mol. The van der Waals surface area contributed by atoms with E-state index in [4.69, 9.17) is 9.84 Å². The molecule has 26 heavy (non-hydrogen) atoms. The van der Waals surface area contributed by atoms with Crippen LogP contribution in [-0.4, -0.2) is 16.1 Å². The molecule has 6 rings (SSSR count). The van der Waals surface area contributed by atoms with Crippen LogP contribution < -0.4 is 4.74 Å². The first kappa shape index (κ1) is 15.9. The lowest BCUT2D eigenvalue weighted by atomic mass is 9.51. The standard InChI is InChI=1S/C22H23NO3/c24-22(25)16-3-6-20(23-12-16)26-19-4-1-15(2-5-19)21-17-8-13-7-14(10-17)11-18(21)9-13/h1-6,12-14,17-18,21H,7-11H2,(H,24,25)/t13-,14+,17-,18+,21?. The summed E-state index contributed by atoms with van der Waals surface area (Å²) in [4.78, 5) is 14.9. The van der Waals surface area contributed by atoms with Gasteiger partial charge in [0.15, 0.2) is 0 Å². The zero-order chi connectivity index (χ0) is 17.7. The van der Waals surface area contributed by atoms with Crippen LogP contribution in [0.4, 0.5) is 0 Å². The molecule has 0 atom stereocenters. The molecule has 4 nitrogen and oxygen atoms in total. The summed E-state index contributed by atoms with van der Waals surface area (Å²) in [5.74, 6) is 4.65. The molecule has 0 unspecified atom stereocenters. The van der Waals surface area contributed by atoms with Crippen molar-refractivity contribution in [2.24, 2.45) is 23.7 Å².